The lowest BCUT2D eigenvalue weighted by Gasteiger charge is -2.14. The normalized spacial score (nSPS) is 14.4. The number of aromatic nitrogens is 2. The fraction of sp³-hybridized carbons (Fsp3) is 0.625. The van der Waals surface area contributed by atoms with Crippen molar-refractivity contribution in [1.82, 2.24) is 9.55 Å². The Hall–Kier alpha value is -1.04. The van der Waals surface area contributed by atoms with Crippen LogP contribution in [0.15, 0.2) is 12.4 Å². The van der Waals surface area contributed by atoms with E-state index in [4.69, 9.17) is 5.73 Å². The van der Waals surface area contributed by atoms with Crippen molar-refractivity contribution in [2.24, 2.45) is 12.8 Å². The molecule has 1 rings (SSSR count). The predicted molar refractivity (Wildman–Crippen MR) is 45.6 cm³/mol. The molecule has 6 heteroatoms. The molecule has 0 saturated heterocycles. The second-order valence-corrected chi connectivity index (χ2v) is 3.14. The summed E-state index contributed by atoms with van der Waals surface area (Å²) in [6.07, 6.45) is -0.966. The molecule has 1 atom stereocenters. The Bertz CT molecular complexity index is 292. The highest BCUT2D eigenvalue weighted by Gasteiger charge is 2.36. The Kier molecular flexibility index (Phi) is 3.15. The van der Waals surface area contributed by atoms with Crippen LogP contribution in [0.4, 0.5) is 13.2 Å². The summed E-state index contributed by atoms with van der Waals surface area (Å²) in [6.45, 7) is 0. The van der Waals surface area contributed by atoms with Crippen molar-refractivity contribution in [2.45, 2.75) is 25.1 Å². The Morgan fingerprint density at radius 3 is 2.64 bits per heavy atom. The second kappa shape index (κ2) is 4.00. The van der Waals surface area contributed by atoms with Crippen LogP contribution in [0.2, 0.25) is 0 Å². The van der Waals surface area contributed by atoms with E-state index in [1.807, 2.05) is 0 Å². The van der Waals surface area contributed by atoms with Gasteiger partial charge in [0.1, 0.15) is 11.9 Å². The molecular weight excluding hydrogens is 195 g/mol. The van der Waals surface area contributed by atoms with Crippen LogP contribution in [0.3, 0.4) is 0 Å². The molecule has 0 saturated carbocycles. The van der Waals surface area contributed by atoms with Crippen LogP contribution < -0.4 is 5.73 Å². The molecule has 1 unspecified atom stereocenters. The standard InChI is InChI=1S/C8H12F3N3/c1-14-5-4-13-7(14)3-2-6(12)8(9,10)11/h4-6H,2-3,12H2,1H3. The highest BCUT2D eigenvalue weighted by Crippen LogP contribution is 2.21. The van der Waals surface area contributed by atoms with Crippen LogP contribution in [-0.2, 0) is 13.5 Å². The lowest BCUT2D eigenvalue weighted by Crippen LogP contribution is -2.37. The van der Waals surface area contributed by atoms with E-state index in [1.165, 1.54) is 0 Å². The minimum atomic E-state index is -4.31. The van der Waals surface area contributed by atoms with Gasteiger partial charge in [0, 0.05) is 25.9 Å². The average molecular weight is 207 g/mol. The highest BCUT2D eigenvalue weighted by atomic mass is 19.4. The maximum absolute atomic E-state index is 12.0. The number of nitrogens with two attached hydrogens (primary N) is 1. The van der Waals surface area contributed by atoms with Crippen LogP contribution >= 0.6 is 0 Å². The minimum absolute atomic E-state index is 0.131. The lowest BCUT2D eigenvalue weighted by molar-refractivity contribution is -0.148. The molecule has 1 aromatic rings. The molecule has 1 aromatic heterocycles. The first-order valence-corrected chi connectivity index (χ1v) is 4.19. The van der Waals surface area contributed by atoms with Gasteiger partial charge < -0.3 is 10.3 Å². The van der Waals surface area contributed by atoms with Gasteiger partial charge in [0.15, 0.2) is 0 Å². The van der Waals surface area contributed by atoms with Crippen molar-refractivity contribution >= 4 is 0 Å². The van der Waals surface area contributed by atoms with E-state index in [1.54, 1.807) is 24.0 Å². The lowest BCUT2D eigenvalue weighted by atomic mass is 10.1. The number of hydrogen-bond donors (Lipinski definition) is 1. The molecule has 0 radical (unpaired) electrons. The largest absolute Gasteiger partial charge is 0.403 e. The Morgan fingerprint density at radius 2 is 2.21 bits per heavy atom. The summed E-state index contributed by atoms with van der Waals surface area (Å²) in [7, 11) is 1.74. The van der Waals surface area contributed by atoms with Gasteiger partial charge in [-0.05, 0) is 6.42 Å². The number of rotatable bonds is 3. The fourth-order valence-electron chi connectivity index (χ4n) is 1.09. The average Bonchev–Trinajstić information content (AvgIpc) is 2.45. The minimum Gasteiger partial charge on any atom is -0.338 e. The molecule has 0 spiro atoms. The first-order chi connectivity index (χ1) is 6.41. The van der Waals surface area contributed by atoms with E-state index in [9.17, 15) is 13.2 Å². The Balaban J connectivity index is 2.46. The van der Waals surface area contributed by atoms with Crippen molar-refractivity contribution in [2.75, 3.05) is 0 Å². The molecule has 0 aliphatic rings. The maximum atomic E-state index is 12.0. The SMILES string of the molecule is Cn1ccnc1CCC(N)C(F)(F)F. The zero-order chi connectivity index (χ0) is 10.8. The molecule has 0 fully saturated rings. The van der Waals surface area contributed by atoms with E-state index in [0.29, 0.717) is 5.82 Å². The van der Waals surface area contributed by atoms with Crippen LogP contribution in [0.25, 0.3) is 0 Å². The van der Waals surface area contributed by atoms with Crippen LogP contribution in [0.1, 0.15) is 12.2 Å². The molecule has 0 aliphatic carbocycles. The summed E-state index contributed by atoms with van der Waals surface area (Å²) in [5.41, 5.74) is 4.96. The van der Waals surface area contributed by atoms with Crippen LogP contribution in [0, 0.1) is 0 Å². The third-order valence-corrected chi connectivity index (χ3v) is 2.02. The number of halogens is 3. The van der Waals surface area contributed by atoms with Crippen molar-refractivity contribution in [3.63, 3.8) is 0 Å². The zero-order valence-corrected chi connectivity index (χ0v) is 7.75. The third kappa shape index (κ3) is 2.73. The quantitative estimate of drug-likeness (QED) is 0.810. The number of hydrogen-bond acceptors (Lipinski definition) is 2. The summed E-state index contributed by atoms with van der Waals surface area (Å²) in [4.78, 5) is 3.91. The molecule has 0 amide bonds. The predicted octanol–water partition coefficient (Wildman–Crippen LogP) is 1.24. The molecule has 1 heterocycles. The van der Waals surface area contributed by atoms with Crippen LogP contribution in [0.5, 0.6) is 0 Å². The number of imidazole rings is 1. The summed E-state index contributed by atoms with van der Waals surface area (Å²) in [5, 5.41) is 0. The van der Waals surface area contributed by atoms with Gasteiger partial charge in [0.05, 0.1) is 0 Å². The maximum Gasteiger partial charge on any atom is 0.403 e. The fourth-order valence-corrected chi connectivity index (χ4v) is 1.09. The van der Waals surface area contributed by atoms with Crippen LogP contribution in [-0.4, -0.2) is 21.8 Å². The topological polar surface area (TPSA) is 43.8 Å². The molecular formula is C8H12F3N3. The summed E-state index contributed by atoms with van der Waals surface area (Å²) in [5.74, 6) is 0.615. The van der Waals surface area contributed by atoms with E-state index in [2.05, 4.69) is 4.98 Å². The summed E-state index contributed by atoms with van der Waals surface area (Å²) in [6, 6.07) is -1.76. The molecule has 3 nitrogen and oxygen atoms in total. The molecule has 80 valence electrons. The number of alkyl halides is 3. The zero-order valence-electron chi connectivity index (χ0n) is 7.75. The van der Waals surface area contributed by atoms with Gasteiger partial charge in [-0.15, -0.1) is 0 Å². The number of aryl methyl sites for hydroxylation is 2. The van der Waals surface area contributed by atoms with Gasteiger partial charge in [-0.2, -0.15) is 13.2 Å². The van der Waals surface area contributed by atoms with Gasteiger partial charge in [-0.25, -0.2) is 4.98 Å². The van der Waals surface area contributed by atoms with E-state index in [-0.39, 0.29) is 12.8 Å². The molecule has 14 heavy (non-hydrogen) atoms. The van der Waals surface area contributed by atoms with Crippen molar-refractivity contribution in [1.29, 1.82) is 0 Å². The van der Waals surface area contributed by atoms with E-state index >= 15 is 0 Å². The van der Waals surface area contributed by atoms with Gasteiger partial charge in [-0.1, -0.05) is 0 Å². The number of nitrogens with zero attached hydrogens (tertiary/aromatic N) is 2. The molecule has 0 bridgehead atoms. The first-order valence-electron chi connectivity index (χ1n) is 4.19. The second-order valence-electron chi connectivity index (χ2n) is 3.14. The molecule has 2 N–H and O–H groups in total. The Morgan fingerprint density at radius 1 is 1.57 bits per heavy atom. The summed E-state index contributed by atoms with van der Waals surface area (Å²) < 4.78 is 37.8. The summed E-state index contributed by atoms with van der Waals surface area (Å²) >= 11 is 0. The van der Waals surface area contributed by atoms with Gasteiger partial charge in [0.2, 0.25) is 0 Å². The van der Waals surface area contributed by atoms with Crippen molar-refractivity contribution in [3.8, 4) is 0 Å². The Labute approximate surface area is 79.7 Å². The highest BCUT2D eigenvalue weighted by molar-refractivity contribution is 4.92. The van der Waals surface area contributed by atoms with Gasteiger partial charge >= 0.3 is 6.18 Å². The third-order valence-electron chi connectivity index (χ3n) is 2.02. The monoisotopic (exact) mass is 207 g/mol. The molecule has 0 aromatic carbocycles. The van der Waals surface area contributed by atoms with E-state index < -0.39 is 12.2 Å². The van der Waals surface area contributed by atoms with Crippen molar-refractivity contribution in [3.05, 3.63) is 18.2 Å². The van der Waals surface area contributed by atoms with E-state index in [0.717, 1.165) is 0 Å². The smallest absolute Gasteiger partial charge is 0.338 e. The van der Waals surface area contributed by atoms with Crippen molar-refractivity contribution < 1.29 is 13.2 Å². The van der Waals surface area contributed by atoms with Gasteiger partial charge in [0.25, 0.3) is 0 Å². The van der Waals surface area contributed by atoms with Gasteiger partial charge in [-0.3, -0.25) is 0 Å². The first kappa shape index (κ1) is 11.0. The molecule has 0 aliphatic heterocycles.